The molecule has 148 valence electrons. The smallest absolute Gasteiger partial charge is 0.258 e. The van der Waals surface area contributed by atoms with E-state index in [2.05, 4.69) is 41.4 Å². The van der Waals surface area contributed by atoms with E-state index in [0.29, 0.717) is 17.1 Å². The van der Waals surface area contributed by atoms with Gasteiger partial charge in [-0.25, -0.2) is 9.97 Å². The number of hydrogen-bond donors (Lipinski definition) is 2. The van der Waals surface area contributed by atoms with Gasteiger partial charge in [0.15, 0.2) is 5.78 Å². The van der Waals surface area contributed by atoms with Crippen molar-refractivity contribution in [2.75, 3.05) is 10.6 Å². The van der Waals surface area contributed by atoms with Crippen LogP contribution in [0.25, 0.3) is 0 Å². The number of Topliss-reactive ketones (excluding diaryl/α,β-unsaturated/α-hetero) is 1. The van der Waals surface area contributed by atoms with Crippen LogP contribution in [0.4, 0.5) is 17.3 Å². The Bertz CT molecular complexity index is 1020. The Kier molecular flexibility index (Phi) is 5.73. The highest BCUT2D eigenvalue weighted by molar-refractivity contribution is 6.04. The first-order chi connectivity index (χ1) is 13.7. The average Bonchev–Trinajstić information content (AvgIpc) is 2.68. The molecule has 0 spiro atoms. The molecule has 6 nitrogen and oxygen atoms in total. The number of benzene rings is 2. The molecule has 0 unspecified atom stereocenters. The number of hydrogen-bond acceptors (Lipinski definition) is 5. The highest BCUT2D eigenvalue weighted by atomic mass is 16.1. The average molecular weight is 388 g/mol. The van der Waals surface area contributed by atoms with Gasteiger partial charge in [0.2, 0.25) is 5.95 Å². The fourth-order valence-electron chi connectivity index (χ4n) is 2.87. The number of ketones is 1. The standard InChI is InChI=1S/C23H24N4O2/c1-15(28)16-9-11-18(12-10-16)26-22-24-13-17(14-25-22)21(29)27-20-8-6-5-7-19(20)23(2,3)4/h5-14H,1-4H3,(H,27,29)(H,24,25,26). The lowest BCUT2D eigenvalue weighted by Crippen LogP contribution is -2.19. The lowest BCUT2D eigenvalue weighted by atomic mass is 9.86. The van der Waals surface area contributed by atoms with Gasteiger partial charge in [0.05, 0.1) is 5.56 Å². The topological polar surface area (TPSA) is 84.0 Å². The van der Waals surface area contributed by atoms with Gasteiger partial charge in [-0.15, -0.1) is 0 Å². The summed E-state index contributed by atoms with van der Waals surface area (Å²) in [5.74, 6) is 0.113. The third-order valence-corrected chi connectivity index (χ3v) is 4.44. The van der Waals surface area contributed by atoms with Crippen LogP contribution in [0.2, 0.25) is 0 Å². The summed E-state index contributed by atoms with van der Waals surface area (Å²) in [6.07, 6.45) is 2.96. The molecule has 0 aliphatic carbocycles. The van der Waals surface area contributed by atoms with Gasteiger partial charge in [-0.1, -0.05) is 39.0 Å². The van der Waals surface area contributed by atoms with E-state index in [1.54, 1.807) is 24.3 Å². The molecule has 0 atom stereocenters. The zero-order valence-electron chi connectivity index (χ0n) is 17.0. The molecule has 0 fully saturated rings. The van der Waals surface area contributed by atoms with Gasteiger partial charge in [-0.2, -0.15) is 0 Å². The van der Waals surface area contributed by atoms with E-state index >= 15 is 0 Å². The second-order valence-corrected chi connectivity index (χ2v) is 7.80. The molecule has 29 heavy (non-hydrogen) atoms. The molecule has 1 aromatic heterocycles. The largest absolute Gasteiger partial charge is 0.324 e. The molecular weight excluding hydrogens is 364 g/mol. The number of aromatic nitrogens is 2. The minimum atomic E-state index is -0.265. The zero-order chi connectivity index (χ0) is 21.0. The molecule has 3 rings (SSSR count). The van der Waals surface area contributed by atoms with Gasteiger partial charge in [-0.3, -0.25) is 9.59 Å². The summed E-state index contributed by atoms with van der Waals surface area (Å²) in [6, 6.07) is 14.8. The number of amides is 1. The number of nitrogens with zero attached hydrogens (tertiary/aromatic N) is 2. The maximum Gasteiger partial charge on any atom is 0.258 e. The van der Waals surface area contributed by atoms with Crippen molar-refractivity contribution in [3.8, 4) is 0 Å². The van der Waals surface area contributed by atoms with Crippen LogP contribution in [0, 0.1) is 0 Å². The third kappa shape index (κ3) is 5.04. The lowest BCUT2D eigenvalue weighted by molar-refractivity contribution is 0.101. The minimum absolute atomic E-state index is 0.0104. The Labute approximate surface area is 170 Å². The zero-order valence-corrected chi connectivity index (χ0v) is 17.0. The van der Waals surface area contributed by atoms with Gasteiger partial charge in [-0.05, 0) is 48.2 Å². The van der Waals surface area contributed by atoms with Crippen LogP contribution in [-0.4, -0.2) is 21.7 Å². The lowest BCUT2D eigenvalue weighted by Gasteiger charge is -2.22. The highest BCUT2D eigenvalue weighted by Crippen LogP contribution is 2.29. The van der Waals surface area contributed by atoms with Crippen molar-refractivity contribution < 1.29 is 9.59 Å². The van der Waals surface area contributed by atoms with E-state index in [-0.39, 0.29) is 17.1 Å². The molecule has 2 N–H and O–H groups in total. The van der Waals surface area contributed by atoms with Crippen molar-refractivity contribution in [3.05, 3.63) is 77.6 Å². The summed E-state index contributed by atoms with van der Waals surface area (Å²) in [6.45, 7) is 7.83. The van der Waals surface area contributed by atoms with Crippen LogP contribution < -0.4 is 10.6 Å². The fourth-order valence-corrected chi connectivity index (χ4v) is 2.87. The first-order valence-corrected chi connectivity index (χ1v) is 9.35. The van der Waals surface area contributed by atoms with Crippen LogP contribution in [-0.2, 0) is 5.41 Å². The first-order valence-electron chi connectivity index (χ1n) is 9.35. The first kappa shape index (κ1) is 20.2. The van der Waals surface area contributed by atoms with Crippen LogP contribution in [0.5, 0.6) is 0 Å². The molecule has 3 aromatic rings. The van der Waals surface area contributed by atoms with Gasteiger partial charge in [0.25, 0.3) is 5.91 Å². The third-order valence-electron chi connectivity index (χ3n) is 4.44. The van der Waals surface area contributed by atoms with E-state index in [1.165, 1.54) is 19.3 Å². The quantitative estimate of drug-likeness (QED) is 0.603. The van der Waals surface area contributed by atoms with E-state index in [9.17, 15) is 9.59 Å². The summed E-state index contributed by atoms with van der Waals surface area (Å²) in [5.41, 5.74) is 3.50. The molecule has 6 heteroatoms. The van der Waals surface area contributed by atoms with Crippen LogP contribution >= 0.6 is 0 Å². The Morgan fingerprint density at radius 1 is 0.862 bits per heavy atom. The predicted molar refractivity (Wildman–Crippen MR) is 115 cm³/mol. The normalized spacial score (nSPS) is 11.0. The molecular formula is C23H24N4O2. The molecule has 2 aromatic carbocycles. The number of carbonyl (C=O) groups excluding carboxylic acids is 2. The highest BCUT2D eigenvalue weighted by Gasteiger charge is 2.19. The van der Waals surface area contributed by atoms with Gasteiger partial charge in [0, 0.05) is 29.3 Å². The molecule has 0 radical (unpaired) electrons. The monoisotopic (exact) mass is 388 g/mol. The van der Waals surface area contributed by atoms with E-state index in [0.717, 1.165) is 16.9 Å². The Morgan fingerprint density at radius 2 is 1.48 bits per heavy atom. The van der Waals surface area contributed by atoms with E-state index in [1.807, 2.05) is 24.3 Å². The number of anilines is 3. The van der Waals surface area contributed by atoms with Gasteiger partial charge < -0.3 is 10.6 Å². The van der Waals surface area contributed by atoms with Crippen LogP contribution in [0.15, 0.2) is 60.9 Å². The minimum Gasteiger partial charge on any atom is -0.324 e. The molecule has 0 bridgehead atoms. The van der Waals surface area contributed by atoms with Crippen LogP contribution in [0.1, 0.15) is 54.0 Å². The maximum atomic E-state index is 12.6. The summed E-state index contributed by atoms with van der Waals surface area (Å²) in [7, 11) is 0. The van der Waals surface area contributed by atoms with Crippen molar-refractivity contribution in [3.63, 3.8) is 0 Å². The number of rotatable bonds is 5. The molecule has 0 aliphatic rings. The van der Waals surface area contributed by atoms with Crippen molar-refractivity contribution in [2.24, 2.45) is 0 Å². The summed E-state index contributed by atoms with van der Waals surface area (Å²) in [5, 5.41) is 6.00. The van der Waals surface area contributed by atoms with Gasteiger partial charge >= 0.3 is 0 Å². The van der Waals surface area contributed by atoms with Crippen molar-refractivity contribution in [2.45, 2.75) is 33.1 Å². The molecule has 0 saturated heterocycles. The SMILES string of the molecule is CC(=O)c1ccc(Nc2ncc(C(=O)Nc3ccccc3C(C)(C)C)cn2)cc1. The predicted octanol–water partition coefficient (Wildman–Crippen LogP) is 4.97. The van der Waals surface area contributed by atoms with E-state index < -0.39 is 0 Å². The molecule has 0 aliphatic heterocycles. The Morgan fingerprint density at radius 3 is 2.07 bits per heavy atom. The van der Waals surface area contributed by atoms with Gasteiger partial charge in [0.1, 0.15) is 0 Å². The fraction of sp³-hybridized carbons (Fsp3) is 0.217. The van der Waals surface area contributed by atoms with Crippen molar-refractivity contribution in [1.82, 2.24) is 9.97 Å². The Balaban J connectivity index is 1.70. The van der Waals surface area contributed by atoms with Crippen LogP contribution in [0.3, 0.4) is 0 Å². The second kappa shape index (κ2) is 8.22. The van der Waals surface area contributed by atoms with Crippen molar-refractivity contribution in [1.29, 1.82) is 0 Å². The maximum absolute atomic E-state index is 12.6. The summed E-state index contributed by atoms with van der Waals surface area (Å²) in [4.78, 5) is 32.4. The number of nitrogens with one attached hydrogen (secondary N) is 2. The summed E-state index contributed by atoms with van der Waals surface area (Å²) >= 11 is 0. The van der Waals surface area contributed by atoms with E-state index in [4.69, 9.17) is 0 Å². The molecule has 0 saturated carbocycles. The number of para-hydroxylation sites is 1. The molecule has 1 amide bonds. The Hall–Kier alpha value is -3.54. The van der Waals surface area contributed by atoms with Crippen molar-refractivity contribution >= 4 is 29.0 Å². The summed E-state index contributed by atoms with van der Waals surface area (Å²) < 4.78 is 0. The molecule has 1 heterocycles. The number of carbonyl (C=O) groups is 2. The second-order valence-electron chi connectivity index (χ2n) is 7.80.